The lowest BCUT2D eigenvalue weighted by Gasteiger charge is -2.50. The van der Waals surface area contributed by atoms with Gasteiger partial charge >= 0.3 is 0 Å². The Morgan fingerprint density at radius 3 is 2.34 bits per heavy atom. The molecule has 3 aliphatic heterocycles. The number of carbonyl (C=O) groups excluding carboxylic acids is 1. The fourth-order valence-corrected chi connectivity index (χ4v) is 6.24. The number of carbonyl (C=O) groups is 1. The standard InChI is InChI=1S/C24H43N3O2/c1-20(2)19-25-12-14-26(15-13-25)22-7-16-29-24(18-22)8-10-27(11-9-24)23(28)17-21-5-3-4-6-21/h20-22H,3-19H2,1-2H3/t22-/m1/s1. The van der Waals surface area contributed by atoms with Crippen molar-refractivity contribution in [1.82, 2.24) is 14.7 Å². The van der Waals surface area contributed by atoms with E-state index in [-0.39, 0.29) is 5.60 Å². The van der Waals surface area contributed by atoms with Gasteiger partial charge in [0.2, 0.25) is 5.91 Å². The predicted molar refractivity (Wildman–Crippen MR) is 117 cm³/mol. The highest BCUT2D eigenvalue weighted by Gasteiger charge is 2.43. The first-order valence-electron chi connectivity index (χ1n) is 12.4. The molecule has 1 amide bonds. The second kappa shape index (κ2) is 9.65. The van der Waals surface area contributed by atoms with Crippen molar-refractivity contribution in [3.05, 3.63) is 0 Å². The summed E-state index contributed by atoms with van der Waals surface area (Å²) in [6, 6.07) is 0.672. The number of nitrogens with zero attached hydrogens (tertiary/aromatic N) is 3. The predicted octanol–water partition coefficient (Wildman–Crippen LogP) is 3.38. The molecule has 0 unspecified atom stereocenters. The van der Waals surface area contributed by atoms with Gasteiger partial charge in [-0.15, -0.1) is 0 Å². The van der Waals surface area contributed by atoms with Crippen LogP contribution in [0.5, 0.6) is 0 Å². The van der Waals surface area contributed by atoms with Gasteiger partial charge in [0, 0.05) is 64.9 Å². The van der Waals surface area contributed by atoms with E-state index in [0.29, 0.717) is 17.9 Å². The van der Waals surface area contributed by atoms with Crippen LogP contribution in [0.15, 0.2) is 0 Å². The lowest BCUT2D eigenvalue weighted by atomic mass is 9.81. The van der Waals surface area contributed by atoms with Crippen LogP contribution in [0.3, 0.4) is 0 Å². The molecule has 5 nitrogen and oxygen atoms in total. The van der Waals surface area contributed by atoms with Crippen molar-refractivity contribution in [3.63, 3.8) is 0 Å². The van der Waals surface area contributed by atoms with Crippen molar-refractivity contribution in [2.75, 3.05) is 52.4 Å². The summed E-state index contributed by atoms with van der Waals surface area (Å²) < 4.78 is 6.39. The van der Waals surface area contributed by atoms with Crippen molar-refractivity contribution in [3.8, 4) is 0 Å². The number of likely N-dealkylation sites (tertiary alicyclic amines) is 1. The molecule has 4 aliphatic rings. The van der Waals surface area contributed by atoms with Crippen LogP contribution in [0.4, 0.5) is 0 Å². The van der Waals surface area contributed by atoms with Gasteiger partial charge in [-0.1, -0.05) is 26.7 Å². The largest absolute Gasteiger partial charge is 0.375 e. The maximum atomic E-state index is 12.7. The van der Waals surface area contributed by atoms with Crippen molar-refractivity contribution >= 4 is 5.91 Å². The van der Waals surface area contributed by atoms with Crippen LogP contribution in [0, 0.1) is 11.8 Å². The summed E-state index contributed by atoms with van der Waals surface area (Å²) in [5.74, 6) is 1.82. The molecule has 1 atom stereocenters. The molecule has 0 radical (unpaired) electrons. The van der Waals surface area contributed by atoms with Gasteiger partial charge in [-0.25, -0.2) is 0 Å². The topological polar surface area (TPSA) is 36.0 Å². The molecule has 4 rings (SSSR count). The first-order chi connectivity index (χ1) is 14.0. The zero-order valence-corrected chi connectivity index (χ0v) is 18.9. The SMILES string of the molecule is CC(C)CN1CCN([C@@H]2CCOC3(CCN(C(=O)CC4CCCC4)CC3)C2)CC1. The summed E-state index contributed by atoms with van der Waals surface area (Å²) in [5, 5.41) is 0. The normalized spacial score (nSPS) is 29.8. The fourth-order valence-electron chi connectivity index (χ4n) is 6.24. The van der Waals surface area contributed by atoms with E-state index in [0.717, 1.165) is 44.9 Å². The molecule has 5 heteroatoms. The maximum Gasteiger partial charge on any atom is 0.222 e. The van der Waals surface area contributed by atoms with Crippen LogP contribution >= 0.6 is 0 Å². The molecule has 0 aromatic carbocycles. The third-order valence-corrected chi connectivity index (χ3v) is 7.98. The second-order valence-corrected chi connectivity index (χ2v) is 10.6. The van der Waals surface area contributed by atoms with Gasteiger partial charge in [-0.05, 0) is 50.4 Å². The second-order valence-electron chi connectivity index (χ2n) is 10.6. The summed E-state index contributed by atoms with van der Waals surface area (Å²) in [6.45, 7) is 13.4. The molecule has 3 heterocycles. The van der Waals surface area contributed by atoms with Crippen molar-refractivity contribution in [2.45, 2.75) is 83.3 Å². The molecular weight excluding hydrogens is 362 g/mol. The zero-order chi connectivity index (χ0) is 20.3. The van der Waals surface area contributed by atoms with Crippen molar-refractivity contribution in [2.24, 2.45) is 11.8 Å². The third kappa shape index (κ3) is 5.54. The van der Waals surface area contributed by atoms with Crippen LogP contribution < -0.4 is 0 Å². The van der Waals surface area contributed by atoms with E-state index in [1.165, 1.54) is 71.2 Å². The van der Waals surface area contributed by atoms with Crippen LogP contribution in [-0.4, -0.2) is 84.7 Å². The fraction of sp³-hybridized carbons (Fsp3) is 0.958. The van der Waals surface area contributed by atoms with E-state index in [9.17, 15) is 4.79 Å². The molecule has 0 aromatic rings. The van der Waals surface area contributed by atoms with Crippen LogP contribution in [-0.2, 0) is 9.53 Å². The lowest BCUT2D eigenvalue weighted by molar-refractivity contribution is -0.150. The highest BCUT2D eigenvalue weighted by molar-refractivity contribution is 5.76. The lowest BCUT2D eigenvalue weighted by Crippen LogP contribution is -2.57. The van der Waals surface area contributed by atoms with Gasteiger partial charge in [-0.3, -0.25) is 9.69 Å². The highest BCUT2D eigenvalue weighted by atomic mass is 16.5. The van der Waals surface area contributed by atoms with Crippen LogP contribution in [0.1, 0.15) is 71.6 Å². The molecule has 0 aromatic heterocycles. The van der Waals surface area contributed by atoms with Gasteiger partial charge in [-0.2, -0.15) is 0 Å². The van der Waals surface area contributed by atoms with E-state index in [1.807, 2.05) is 0 Å². The Hall–Kier alpha value is -0.650. The minimum Gasteiger partial charge on any atom is -0.375 e. The van der Waals surface area contributed by atoms with E-state index in [4.69, 9.17) is 4.74 Å². The Labute approximate surface area is 178 Å². The van der Waals surface area contributed by atoms with Crippen molar-refractivity contribution < 1.29 is 9.53 Å². The number of hydrogen-bond donors (Lipinski definition) is 0. The molecular formula is C24H43N3O2. The average Bonchev–Trinajstić information content (AvgIpc) is 3.22. The molecule has 166 valence electrons. The van der Waals surface area contributed by atoms with Gasteiger partial charge in [0.05, 0.1) is 5.60 Å². The summed E-state index contributed by atoms with van der Waals surface area (Å²) >= 11 is 0. The summed E-state index contributed by atoms with van der Waals surface area (Å²) in [5.41, 5.74) is 0.0299. The van der Waals surface area contributed by atoms with Gasteiger partial charge in [0.1, 0.15) is 0 Å². The Balaban J connectivity index is 1.24. The van der Waals surface area contributed by atoms with Gasteiger partial charge in [0.15, 0.2) is 0 Å². The van der Waals surface area contributed by atoms with Crippen molar-refractivity contribution in [1.29, 1.82) is 0 Å². The zero-order valence-electron chi connectivity index (χ0n) is 18.9. The quantitative estimate of drug-likeness (QED) is 0.703. The molecule has 1 aliphatic carbocycles. The smallest absolute Gasteiger partial charge is 0.222 e. The summed E-state index contributed by atoms with van der Waals surface area (Å²) in [6.07, 6.45) is 10.4. The first-order valence-corrected chi connectivity index (χ1v) is 12.4. The Morgan fingerprint density at radius 2 is 1.69 bits per heavy atom. The average molecular weight is 406 g/mol. The van der Waals surface area contributed by atoms with Gasteiger partial charge < -0.3 is 14.5 Å². The van der Waals surface area contributed by atoms with E-state index >= 15 is 0 Å². The first kappa shape index (κ1) is 21.6. The minimum absolute atomic E-state index is 0.0299. The molecule has 0 bridgehead atoms. The molecule has 4 fully saturated rings. The number of ether oxygens (including phenoxy) is 1. The maximum absolute atomic E-state index is 12.7. The summed E-state index contributed by atoms with van der Waals surface area (Å²) in [7, 11) is 0. The van der Waals surface area contributed by atoms with E-state index < -0.39 is 0 Å². The number of amides is 1. The molecule has 29 heavy (non-hydrogen) atoms. The molecule has 1 saturated carbocycles. The number of hydrogen-bond acceptors (Lipinski definition) is 4. The third-order valence-electron chi connectivity index (χ3n) is 7.98. The Kier molecular flexibility index (Phi) is 7.18. The summed E-state index contributed by atoms with van der Waals surface area (Å²) in [4.78, 5) is 20.2. The minimum atomic E-state index is 0.0299. The highest BCUT2D eigenvalue weighted by Crippen LogP contribution is 2.37. The molecule has 0 N–H and O–H groups in total. The van der Waals surface area contributed by atoms with Crippen LogP contribution in [0.2, 0.25) is 0 Å². The van der Waals surface area contributed by atoms with Crippen LogP contribution in [0.25, 0.3) is 0 Å². The Bertz CT molecular complexity index is 530. The molecule has 1 spiro atoms. The Morgan fingerprint density at radius 1 is 1.00 bits per heavy atom. The van der Waals surface area contributed by atoms with Gasteiger partial charge in [0.25, 0.3) is 0 Å². The number of piperidine rings is 1. The van der Waals surface area contributed by atoms with E-state index in [1.54, 1.807) is 0 Å². The molecule has 3 saturated heterocycles. The number of rotatable bonds is 5. The number of piperazine rings is 1. The monoisotopic (exact) mass is 405 g/mol. The van der Waals surface area contributed by atoms with E-state index in [2.05, 4.69) is 28.5 Å².